The van der Waals surface area contributed by atoms with Gasteiger partial charge in [0.25, 0.3) is 11.6 Å². The fourth-order valence-corrected chi connectivity index (χ4v) is 3.30. The first-order chi connectivity index (χ1) is 14.8. The molecule has 0 aliphatic carbocycles. The van der Waals surface area contributed by atoms with Gasteiger partial charge in [-0.25, -0.2) is 9.78 Å². The SMILES string of the molecule is CC(OC(=O)c1csc(NCc2ccccc2)n1)C(=O)Nc1cc([N+](=O)[O-])ccc1Cl. The number of hydrogen-bond donors (Lipinski definition) is 2. The number of carbonyl (C=O) groups is 2. The van der Waals surface area contributed by atoms with E-state index in [4.69, 9.17) is 16.3 Å². The molecule has 31 heavy (non-hydrogen) atoms. The number of non-ortho nitro benzene ring substituents is 1. The van der Waals surface area contributed by atoms with Crippen LogP contribution in [0.4, 0.5) is 16.5 Å². The zero-order valence-corrected chi connectivity index (χ0v) is 17.8. The summed E-state index contributed by atoms with van der Waals surface area (Å²) in [4.78, 5) is 39.1. The lowest BCUT2D eigenvalue weighted by Gasteiger charge is -2.13. The summed E-state index contributed by atoms with van der Waals surface area (Å²) in [5.74, 6) is -1.45. The number of rotatable bonds is 8. The van der Waals surface area contributed by atoms with Gasteiger partial charge in [0.2, 0.25) is 0 Å². The van der Waals surface area contributed by atoms with Crippen molar-refractivity contribution in [3.8, 4) is 0 Å². The minimum atomic E-state index is -1.18. The highest BCUT2D eigenvalue weighted by Gasteiger charge is 2.22. The van der Waals surface area contributed by atoms with Crippen LogP contribution in [0.1, 0.15) is 23.0 Å². The monoisotopic (exact) mass is 460 g/mol. The minimum absolute atomic E-state index is 0.0461. The van der Waals surface area contributed by atoms with E-state index in [1.54, 1.807) is 0 Å². The van der Waals surface area contributed by atoms with Gasteiger partial charge in [-0.2, -0.15) is 0 Å². The third-order valence-corrected chi connectivity index (χ3v) is 5.20. The quantitative estimate of drug-likeness (QED) is 0.288. The van der Waals surface area contributed by atoms with Crippen LogP contribution in [-0.4, -0.2) is 27.9 Å². The Morgan fingerprint density at radius 2 is 2.00 bits per heavy atom. The molecule has 9 nitrogen and oxygen atoms in total. The van der Waals surface area contributed by atoms with Crippen molar-refractivity contribution in [2.24, 2.45) is 0 Å². The Hall–Kier alpha value is -3.50. The van der Waals surface area contributed by atoms with Gasteiger partial charge in [0.15, 0.2) is 16.9 Å². The molecule has 1 heterocycles. The largest absolute Gasteiger partial charge is 0.448 e. The predicted octanol–water partition coefficient (Wildman–Crippen LogP) is 4.50. The number of esters is 1. The molecule has 0 bridgehead atoms. The summed E-state index contributed by atoms with van der Waals surface area (Å²) < 4.78 is 5.15. The van der Waals surface area contributed by atoms with E-state index in [9.17, 15) is 19.7 Å². The molecule has 0 fully saturated rings. The molecule has 11 heteroatoms. The summed E-state index contributed by atoms with van der Waals surface area (Å²) in [6, 6.07) is 13.3. The van der Waals surface area contributed by atoms with Gasteiger partial charge in [-0.15, -0.1) is 11.3 Å². The average Bonchev–Trinajstić information content (AvgIpc) is 3.23. The zero-order valence-electron chi connectivity index (χ0n) is 16.2. The molecule has 160 valence electrons. The standard InChI is InChI=1S/C20H17ClN4O5S/c1-12(18(26)23-16-9-14(25(28)29)7-8-15(16)21)30-19(27)17-11-31-20(24-17)22-10-13-5-3-2-4-6-13/h2-9,11-12H,10H2,1H3,(H,22,24)(H,23,26). The van der Waals surface area contributed by atoms with Gasteiger partial charge in [0.05, 0.1) is 15.6 Å². The molecule has 0 aliphatic rings. The Morgan fingerprint density at radius 3 is 2.71 bits per heavy atom. The van der Waals surface area contributed by atoms with Crippen LogP contribution in [0.25, 0.3) is 0 Å². The van der Waals surface area contributed by atoms with Crippen LogP contribution in [0.2, 0.25) is 5.02 Å². The summed E-state index contributed by atoms with van der Waals surface area (Å²) in [7, 11) is 0. The Balaban J connectivity index is 1.56. The number of carbonyl (C=O) groups excluding carboxylic acids is 2. The number of thiazole rings is 1. The van der Waals surface area contributed by atoms with Crippen LogP contribution in [0, 0.1) is 10.1 Å². The van der Waals surface area contributed by atoms with E-state index < -0.39 is 22.9 Å². The highest BCUT2D eigenvalue weighted by Crippen LogP contribution is 2.27. The van der Waals surface area contributed by atoms with Gasteiger partial charge < -0.3 is 15.4 Å². The maximum atomic E-state index is 12.3. The number of anilines is 2. The summed E-state index contributed by atoms with van der Waals surface area (Å²) in [5.41, 5.74) is 0.938. The van der Waals surface area contributed by atoms with Crippen molar-refractivity contribution < 1.29 is 19.2 Å². The number of nitro groups is 1. The van der Waals surface area contributed by atoms with Crippen molar-refractivity contribution in [2.45, 2.75) is 19.6 Å². The summed E-state index contributed by atoms with van der Waals surface area (Å²) >= 11 is 7.20. The van der Waals surface area contributed by atoms with E-state index in [-0.39, 0.29) is 22.1 Å². The number of ether oxygens (including phenoxy) is 1. The fraction of sp³-hybridized carbons (Fsp3) is 0.150. The summed E-state index contributed by atoms with van der Waals surface area (Å²) in [6.07, 6.45) is -1.18. The normalized spacial score (nSPS) is 11.4. The minimum Gasteiger partial charge on any atom is -0.448 e. The number of nitrogens with one attached hydrogen (secondary N) is 2. The molecule has 0 saturated carbocycles. The van der Waals surface area contributed by atoms with Crippen LogP contribution >= 0.6 is 22.9 Å². The smallest absolute Gasteiger partial charge is 0.358 e. The molecule has 0 radical (unpaired) electrons. The molecule has 1 aromatic heterocycles. The van der Waals surface area contributed by atoms with Crippen LogP contribution in [0.15, 0.2) is 53.9 Å². The Kier molecular flexibility index (Phi) is 7.16. The highest BCUT2D eigenvalue weighted by molar-refractivity contribution is 7.13. The van der Waals surface area contributed by atoms with E-state index >= 15 is 0 Å². The third kappa shape index (κ3) is 6.00. The van der Waals surface area contributed by atoms with Gasteiger partial charge in [0.1, 0.15) is 0 Å². The van der Waals surface area contributed by atoms with Gasteiger partial charge >= 0.3 is 5.97 Å². The maximum absolute atomic E-state index is 12.3. The first-order valence-electron chi connectivity index (χ1n) is 9.02. The lowest BCUT2D eigenvalue weighted by molar-refractivity contribution is -0.384. The molecule has 0 spiro atoms. The van der Waals surface area contributed by atoms with Crippen molar-refractivity contribution >= 4 is 51.3 Å². The highest BCUT2D eigenvalue weighted by atomic mass is 35.5. The van der Waals surface area contributed by atoms with Gasteiger partial charge in [-0.1, -0.05) is 41.9 Å². The number of halogens is 1. The molecule has 1 atom stereocenters. The summed E-state index contributed by atoms with van der Waals surface area (Å²) in [6.45, 7) is 1.92. The van der Waals surface area contributed by atoms with Gasteiger partial charge in [-0.05, 0) is 18.6 Å². The maximum Gasteiger partial charge on any atom is 0.358 e. The molecule has 2 aromatic carbocycles. The molecule has 3 aromatic rings. The predicted molar refractivity (Wildman–Crippen MR) is 117 cm³/mol. The molecule has 0 aliphatic heterocycles. The second kappa shape index (κ2) is 10.0. The molecule has 0 saturated heterocycles. The number of nitro benzene ring substituents is 1. The first kappa shape index (κ1) is 22.2. The van der Waals surface area contributed by atoms with Gasteiger partial charge in [-0.3, -0.25) is 14.9 Å². The topological polar surface area (TPSA) is 123 Å². The molecular formula is C20H17ClN4O5S. The van der Waals surface area contributed by atoms with E-state index in [1.807, 2.05) is 30.3 Å². The van der Waals surface area contributed by atoms with Crippen molar-refractivity contribution in [3.63, 3.8) is 0 Å². The zero-order chi connectivity index (χ0) is 22.4. The summed E-state index contributed by atoms with van der Waals surface area (Å²) in [5, 5.41) is 18.6. The van der Waals surface area contributed by atoms with E-state index in [0.29, 0.717) is 11.7 Å². The van der Waals surface area contributed by atoms with Crippen LogP contribution in [-0.2, 0) is 16.1 Å². The number of aromatic nitrogens is 1. The lowest BCUT2D eigenvalue weighted by atomic mass is 10.2. The number of amides is 1. The Morgan fingerprint density at radius 1 is 1.26 bits per heavy atom. The number of benzene rings is 2. The number of hydrogen-bond acceptors (Lipinski definition) is 8. The average molecular weight is 461 g/mol. The van der Waals surface area contributed by atoms with Crippen LogP contribution in [0.3, 0.4) is 0 Å². The van der Waals surface area contributed by atoms with Crippen LogP contribution < -0.4 is 10.6 Å². The molecule has 2 N–H and O–H groups in total. The molecular weight excluding hydrogens is 444 g/mol. The molecule has 1 unspecified atom stereocenters. The Labute approximate surface area is 186 Å². The molecule has 3 rings (SSSR count). The van der Waals surface area contributed by atoms with E-state index in [1.165, 1.54) is 35.8 Å². The second-order valence-electron chi connectivity index (χ2n) is 6.34. The van der Waals surface area contributed by atoms with Gasteiger partial charge in [0, 0.05) is 24.1 Å². The fourth-order valence-electron chi connectivity index (χ4n) is 2.45. The molecule has 1 amide bonds. The van der Waals surface area contributed by atoms with Crippen molar-refractivity contribution in [1.82, 2.24) is 4.98 Å². The third-order valence-electron chi connectivity index (χ3n) is 4.07. The van der Waals surface area contributed by atoms with E-state index in [2.05, 4.69) is 15.6 Å². The van der Waals surface area contributed by atoms with E-state index in [0.717, 1.165) is 11.6 Å². The van der Waals surface area contributed by atoms with Crippen molar-refractivity contribution in [1.29, 1.82) is 0 Å². The first-order valence-corrected chi connectivity index (χ1v) is 10.3. The number of nitrogens with zero attached hydrogens (tertiary/aromatic N) is 2. The van der Waals surface area contributed by atoms with Crippen molar-refractivity contribution in [3.05, 3.63) is 80.3 Å². The van der Waals surface area contributed by atoms with Crippen LogP contribution in [0.5, 0.6) is 0 Å². The Bertz CT molecular complexity index is 1110. The lowest BCUT2D eigenvalue weighted by Crippen LogP contribution is -2.30. The van der Waals surface area contributed by atoms with Crippen molar-refractivity contribution in [2.75, 3.05) is 10.6 Å². The second-order valence-corrected chi connectivity index (χ2v) is 7.60.